The smallest absolute Gasteiger partial charge is 0.0741 e. The minimum absolute atomic E-state index is 0.0877. The second-order valence-electron chi connectivity index (χ2n) is 6.34. The summed E-state index contributed by atoms with van der Waals surface area (Å²) in [6, 6.07) is 1.04. The van der Waals surface area contributed by atoms with Crippen molar-refractivity contribution >= 4 is 0 Å². The third-order valence-corrected chi connectivity index (χ3v) is 4.92. The first-order valence-corrected chi connectivity index (χ1v) is 7.87. The van der Waals surface area contributed by atoms with Gasteiger partial charge in [0, 0.05) is 38.5 Å². The van der Waals surface area contributed by atoms with Crippen LogP contribution in [-0.2, 0) is 14.2 Å². The molecule has 0 aromatic heterocycles. The van der Waals surface area contributed by atoms with Gasteiger partial charge in [-0.05, 0) is 45.4 Å². The van der Waals surface area contributed by atoms with Gasteiger partial charge in [-0.2, -0.15) is 0 Å². The summed E-state index contributed by atoms with van der Waals surface area (Å²) in [7, 11) is 0. The van der Waals surface area contributed by atoms with Crippen LogP contribution < -0.4 is 5.32 Å². The highest BCUT2D eigenvalue weighted by molar-refractivity contribution is 4.93. The molecule has 3 unspecified atom stereocenters. The van der Waals surface area contributed by atoms with Gasteiger partial charge in [0.25, 0.3) is 0 Å². The van der Waals surface area contributed by atoms with Crippen LogP contribution in [0.2, 0.25) is 0 Å². The predicted octanol–water partition coefficient (Wildman–Crippen LogP) is 1.87. The van der Waals surface area contributed by atoms with Gasteiger partial charge >= 0.3 is 0 Å². The van der Waals surface area contributed by atoms with Gasteiger partial charge in [0.2, 0.25) is 0 Å². The van der Waals surface area contributed by atoms with Crippen LogP contribution in [-0.4, -0.2) is 50.2 Å². The Morgan fingerprint density at radius 3 is 2.68 bits per heavy atom. The maximum absolute atomic E-state index is 6.09. The van der Waals surface area contributed by atoms with E-state index in [4.69, 9.17) is 14.2 Å². The van der Waals surface area contributed by atoms with E-state index in [1.165, 1.54) is 12.8 Å². The highest BCUT2D eigenvalue weighted by Gasteiger charge is 2.39. The molecule has 3 saturated heterocycles. The summed E-state index contributed by atoms with van der Waals surface area (Å²) in [5.74, 6) is 0. The summed E-state index contributed by atoms with van der Waals surface area (Å²) in [6.45, 7) is 5.80. The van der Waals surface area contributed by atoms with E-state index < -0.39 is 0 Å². The van der Waals surface area contributed by atoms with E-state index in [1.54, 1.807) is 0 Å². The van der Waals surface area contributed by atoms with Crippen LogP contribution in [0.1, 0.15) is 45.4 Å². The highest BCUT2D eigenvalue weighted by Crippen LogP contribution is 2.34. The lowest BCUT2D eigenvalue weighted by Gasteiger charge is -2.44. The van der Waals surface area contributed by atoms with Crippen molar-refractivity contribution in [1.82, 2.24) is 5.32 Å². The average molecular weight is 269 g/mol. The van der Waals surface area contributed by atoms with Gasteiger partial charge in [0.1, 0.15) is 0 Å². The molecule has 19 heavy (non-hydrogen) atoms. The number of nitrogens with one attached hydrogen (secondary N) is 1. The molecule has 0 amide bonds. The summed E-state index contributed by atoms with van der Waals surface area (Å²) in [5.41, 5.74) is 0.0877. The lowest BCUT2D eigenvalue weighted by Crippen LogP contribution is -2.53. The zero-order valence-corrected chi connectivity index (χ0v) is 12.0. The Balaban J connectivity index is 1.52. The standard InChI is InChI=1S/C15H27NO3/c1-12(14-3-2-7-18-14)16-13-4-8-19-15(11-13)5-9-17-10-6-15/h12-14,16H,2-11H2,1H3. The molecule has 4 heteroatoms. The maximum Gasteiger partial charge on any atom is 0.0741 e. The van der Waals surface area contributed by atoms with E-state index in [0.29, 0.717) is 18.2 Å². The van der Waals surface area contributed by atoms with Gasteiger partial charge < -0.3 is 19.5 Å². The molecule has 0 radical (unpaired) electrons. The second-order valence-corrected chi connectivity index (χ2v) is 6.34. The van der Waals surface area contributed by atoms with Crippen LogP contribution in [0, 0.1) is 0 Å². The first-order valence-electron chi connectivity index (χ1n) is 7.87. The Morgan fingerprint density at radius 2 is 1.95 bits per heavy atom. The summed E-state index contributed by atoms with van der Waals surface area (Å²) in [5, 5.41) is 3.79. The predicted molar refractivity (Wildman–Crippen MR) is 73.3 cm³/mol. The van der Waals surface area contributed by atoms with E-state index in [-0.39, 0.29) is 5.60 Å². The van der Waals surface area contributed by atoms with Crippen molar-refractivity contribution in [2.45, 2.75) is 69.2 Å². The third-order valence-electron chi connectivity index (χ3n) is 4.92. The van der Waals surface area contributed by atoms with Crippen molar-refractivity contribution in [2.24, 2.45) is 0 Å². The van der Waals surface area contributed by atoms with Crippen LogP contribution in [0.4, 0.5) is 0 Å². The quantitative estimate of drug-likeness (QED) is 0.849. The molecule has 3 heterocycles. The number of rotatable bonds is 3. The number of hydrogen-bond donors (Lipinski definition) is 1. The molecule has 3 fully saturated rings. The van der Waals surface area contributed by atoms with Gasteiger partial charge in [-0.15, -0.1) is 0 Å². The molecule has 1 N–H and O–H groups in total. The van der Waals surface area contributed by atoms with E-state index >= 15 is 0 Å². The molecule has 3 aliphatic rings. The van der Waals surface area contributed by atoms with E-state index in [9.17, 15) is 0 Å². The van der Waals surface area contributed by atoms with Crippen molar-refractivity contribution in [3.05, 3.63) is 0 Å². The van der Waals surface area contributed by atoms with Crippen LogP contribution in [0.5, 0.6) is 0 Å². The monoisotopic (exact) mass is 269 g/mol. The summed E-state index contributed by atoms with van der Waals surface area (Å²) in [6.07, 6.45) is 7.20. The van der Waals surface area contributed by atoms with Crippen molar-refractivity contribution in [1.29, 1.82) is 0 Å². The molecule has 1 spiro atoms. The minimum atomic E-state index is 0.0877. The Morgan fingerprint density at radius 1 is 1.11 bits per heavy atom. The Bertz CT molecular complexity index is 280. The fourth-order valence-electron chi connectivity index (χ4n) is 3.74. The van der Waals surface area contributed by atoms with Crippen LogP contribution in [0.3, 0.4) is 0 Å². The highest BCUT2D eigenvalue weighted by atomic mass is 16.5. The van der Waals surface area contributed by atoms with Crippen LogP contribution >= 0.6 is 0 Å². The molecule has 0 aromatic rings. The lowest BCUT2D eigenvalue weighted by molar-refractivity contribution is -0.141. The summed E-state index contributed by atoms with van der Waals surface area (Å²) < 4.78 is 17.3. The first-order chi connectivity index (χ1) is 9.27. The molecule has 110 valence electrons. The number of hydrogen-bond acceptors (Lipinski definition) is 4. The fourth-order valence-corrected chi connectivity index (χ4v) is 3.74. The van der Waals surface area contributed by atoms with Gasteiger partial charge in [-0.25, -0.2) is 0 Å². The summed E-state index contributed by atoms with van der Waals surface area (Å²) in [4.78, 5) is 0. The molecule has 4 nitrogen and oxygen atoms in total. The zero-order valence-electron chi connectivity index (χ0n) is 12.0. The van der Waals surface area contributed by atoms with Gasteiger partial charge in [-0.1, -0.05) is 0 Å². The van der Waals surface area contributed by atoms with Gasteiger partial charge in [0.15, 0.2) is 0 Å². The largest absolute Gasteiger partial charge is 0.381 e. The lowest BCUT2D eigenvalue weighted by atomic mass is 9.83. The Labute approximate surface area is 116 Å². The van der Waals surface area contributed by atoms with Crippen LogP contribution in [0.25, 0.3) is 0 Å². The van der Waals surface area contributed by atoms with Gasteiger partial charge in [0.05, 0.1) is 11.7 Å². The molecule has 3 rings (SSSR count). The molecule has 0 aromatic carbocycles. The summed E-state index contributed by atoms with van der Waals surface area (Å²) >= 11 is 0. The van der Waals surface area contributed by atoms with Crippen molar-refractivity contribution in [3.63, 3.8) is 0 Å². The molecule has 3 atom stereocenters. The van der Waals surface area contributed by atoms with E-state index in [0.717, 1.165) is 52.1 Å². The Kier molecular flexibility index (Phi) is 4.42. The van der Waals surface area contributed by atoms with E-state index in [1.807, 2.05) is 0 Å². The molecule has 0 aliphatic carbocycles. The molecular weight excluding hydrogens is 242 g/mol. The Hall–Kier alpha value is -0.160. The topological polar surface area (TPSA) is 39.7 Å². The van der Waals surface area contributed by atoms with E-state index in [2.05, 4.69) is 12.2 Å². The second kappa shape index (κ2) is 6.08. The zero-order chi connectivity index (χ0) is 13.1. The van der Waals surface area contributed by atoms with Crippen molar-refractivity contribution in [3.8, 4) is 0 Å². The fraction of sp³-hybridized carbons (Fsp3) is 1.00. The van der Waals surface area contributed by atoms with Crippen molar-refractivity contribution < 1.29 is 14.2 Å². The maximum atomic E-state index is 6.09. The molecule has 3 aliphatic heterocycles. The molecular formula is C15H27NO3. The first kappa shape index (κ1) is 13.8. The average Bonchev–Trinajstić information content (AvgIpc) is 2.93. The normalized spacial score (nSPS) is 36.5. The third kappa shape index (κ3) is 3.30. The molecule has 0 bridgehead atoms. The van der Waals surface area contributed by atoms with Crippen LogP contribution in [0.15, 0.2) is 0 Å². The van der Waals surface area contributed by atoms with Gasteiger partial charge in [-0.3, -0.25) is 0 Å². The molecule has 0 saturated carbocycles. The minimum Gasteiger partial charge on any atom is -0.381 e. The SMILES string of the molecule is CC(NC1CCOC2(CCOCC2)C1)C1CCCO1. The van der Waals surface area contributed by atoms with Crippen molar-refractivity contribution in [2.75, 3.05) is 26.4 Å². The number of ether oxygens (including phenoxy) is 3.